The molecule has 2 rings (SSSR count). The lowest BCUT2D eigenvalue weighted by Crippen LogP contribution is -2.23. The Bertz CT molecular complexity index is 464. The van der Waals surface area contributed by atoms with Crippen LogP contribution in [0.2, 0.25) is 5.02 Å². The van der Waals surface area contributed by atoms with Gasteiger partial charge in [0.2, 0.25) is 0 Å². The van der Waals surface area contributed by atoms with Crippen molar-refractivity contribution in [1.82, 2.24) is 5.32 Å². The lowest BCUT2D eigenvalue weighted by atomic mass is 9.91. The molecule has 1 aliphatic rings. The average Bonchev–Trinajstić information content (AvgIpc) is 2.47. The molecule has 0 aromatic heterocycles. The van der Waals surface area contributed by atoms with Crippen LogP contribution in [0.15, 0.2) is 29.8 Å². The predicted molar refractivity (Wildman–Crippen MR) is 88.4 cm³/mol. The molecular formula is C18H26ClN. The number of benzene rings is 1. The number of hydrogen-bond acceptors (Lipinski definition) is 1. The topological polar surface area (TPSA) is 12.0 Å². The summed E-state index contributed by atoms with van der Waals surface area (Å²) in [5.74, 6) is 0. The highest BCUT2D eigenvalue weighted by molar-refractivity contribution is 6.31. The van der Waals surface area contributed by atoms with Crippen LogP contribution in [-0.2, 0) is 0 Å². The van der Waals surface area contributed by atoms with E-state index in [2.05, 4.69) is 43.4 Å². The number of nitrogens with one attached hydrogen (secondary N) is 1. The van der Waals surface area contributed by atoms with Gasteiger partial charge < -0.3 is 5.32 Å². The van der Waals surface area contributed by atoms with Gasteiger partial charge >= 0.3 is 0 Å². The van der Waals surface area contributed by atoms with Gasteiger partial charge in [0.1, 0.15) is 0 Å². The second-order valence-corrected chi connectivity index (χ2v) is 6.23. The third-order valence-corrected chi connectivity index (χ3v) is 4.50. The molecule has 1 aromatic rings. The van der Waals surface area contributed by atoms with Crippen LogP contribution in [0.1, 0.15) is 62.6 Å². The van der Waals surface area contributed by atoms with Gasteiger partial charge in [-0.3, -0.25) is 0 Å². The zero-order valence-corrected chi connectivity index (χ0v) is 13.5. The molecule has 2 heteroatoms. The largest absolute Gasteiger partial charge is 0.310 e. The summed E-state index contributed by atoms with van der Waals surface area (Å²) in [6.07, 6.45) is 9.96. The second-order valence-electron chi connectivity index (χ2n) is 5.83. The van der Waals surface area contributed by atoms with Crippen LogP contribution in [0, 0.1) is 6.92 Å². The van der Waals surface area contributed by atoms with Gasteiger partial charge in [-0.15, -0.1) is 0 Å². The quantitative estimate of drug-likeness (QED) is 0.675. The Kier molecular flexibility index (Phi) is 6.12. The van der Waals surface area contributed by atoms with E-state index in [1.165, 1.54) is 31.2 Å². The van der Waals surface area contributed by atoms with Crippen LogP contribution in [0.25, 0.3) is 0 Å². The van der Waals surface area contributed by atoms with Crippen LogP contribution in [0.3, 0.4) is 0 Å². The molecule has 0 saturated heterocycles. The Morgan fingerprint density at radius 2 is 2.15 bits per heavy atom. The van der Waals surface area contributed by atoms with Crippen LogP contribution in [0.4, 0.5) is 0 Å². The maximum absolute atomic E-state index is 6.29. The van der Waals surface area contributed by atoms with Gasteiger partial charge in [-0.2, -0.15) is 0 Å². The lowest BCUT2D eigenvalue weighted by Gasteiger charge is -2.23. The molecule has 1 aromatic carbocycles. The summed E-state index contributed by atoms with van der Waals surface area (Å²) in [5.41, 5.74) is 4.09. The maximum Gasteiger partial charge on any atom is 0.0438 e. The SMILES string of the molecule is CCCNC(CC1=CCCCC1)c1ccc(C)c(Cl)c1. The Hall–Kier alpha value is -0.790. The summed E-state index contributed by atoms with van der Waals surface area (Å²) >= 11 is 6.29. The summed E-state index contributed by atoms with van der Waals surface area (Å²) in [5, 5.41) is 4.56. The first-order valence-electron chi connectivity index (χ1n) is 7.88. The standard InChI is InChI=1S/C18H26ClN/c1-3-11-20-18(12-15-7-5-4-6-8-15)16-10-9-14(2)17(19)13-16/h7,9-10,13,18,20H,3-6,8,11-12H2,1-2H3. The van der Waals surface area contributed by atoms with E-state index in [9.17, 15) is 0 Å². The van der Waals surface area contributed by atoms with Crippen molar-refractivity contribution in [3.63, 3.8) is 0 Å². The minimum absolute atomic E-state index is 0.400. The predicted octanol–water partition coefficient (Wildman–Crippen LogP) is 5.58. The maximum atomic E-state index is 6.29. The summed E-state index contributed by atoms with van der Waals surface area (Å²) in [6, 6.07) is 6.89. The molecular weight excluding hydrogens is 266 g/mol. The molecule has 20 heavy (non-hydrogen) atoms. The molecule has 0 heterocycles. The fourth-order valence-electron chi connectivity index (χ4n) is 2.80. The molecule has 1 aliphatic carbocycles. The number of hydrogen-bond donors (Lipinski definition) is 1. The molecule has 0 aliphatic heterocycles. The highest BCUT2D eigenvalue weighted by Gasteiger charge is 2.15. The molecule has 0 bridgehead atoms. The van der Waals surface area contributed by atoms with E-state index in [0.717, 1.165) is 30.0 Å². The van der Waals surface area contributed by atoms with Crippen molar-refractivity contribution in [2.24, 2.45) is 0 Å². The molecule has 110 valence electrons. The van der Waals surface area contributed by atoms with E-state index in [-0.39, 0.29) is 0 Å². The Labute approximate surface area is 128 Å². The molecule has 1 atom stereocenters. The van der Waals surface area contributed by atoms with E-state index in [1.807, 2.05) is 0 Å². The normalized spacial score (nSPS) is 16.9. The Balaban J connectivity index is 2.12. The van der Waals surface area contributed by atoms with Gasteiger partial charge in [0.05, 0.1) is 0 Å². The summed E-state index contributed by atoms with van der Waals surface area (Å²) in [6.45, 7) is 5.33. The molecule has 0 fully saturated rings. The van der Waals surface area contributed by atoms with Crippen molar-refractivity contribution in [1.29, 1.82) is 0 Å². The smallest absolute Gasteiger partial charge is 0.0438 e. The fourth-order valence-corrected chi connectivity index (χ4v) is 2.99. The van der Waals surface area contributed by atoms with E-state index in [0.29, 0.717) is 6.04 Å². The second kappa shape index (κ2) is 7.85. The van der Waals surface area contributed by atoms with E-state index in [1.54, 1.807) is 5.57 Å². The molecule has 1 nitrogen and oxygen atoms in total. The van der Waals surface area contributed by atoms with Crippen molar-refractivity contribution in [2.45, 2.75) is 58.4 Å². The van der Waals surface area contributed by atoms with Gasteiger partial charge in [-0.05, 0) is 69.2 Å². The monoisotopic (exact) mass is 291 g/mol. The van der Waals surface area contributed by atoms with E-state index in [4.69, 9.17) is 11.6 Å². The van der Waals surface area contributed by atoms with E-state index >= 15 is 0 Å². The third-order valence-electron chi connectivity index (χ3n) is 4.09. The van der Waals surface area contributed by atoms with Gasteiger partial charge in [-0.25, -0.2) is 0 Å². The van der Waals surface area contributed by atoms with Gasteiger partial charge in [-0.1, -0.05) is 42.3 Å². The van der Waals surface area contributed by atoms with Crippen LogP contribution in [-0.4, -0.2) is 6.54 Å². The van der Waals surface area contributed by atoms with Crippen molar-refractivity contribution in [2.75, 3.05) is 6.54 Å². The summed E-state index contributed by atoms with van der Waals surface area (Å²) < 4.78 is 0. The summed E-state index contributed by atoms with van der Waals surface area (Å²) in [4.78, 5) is 0. The Morgan fingerprint density at radius 1 is 1.30 bits per heavy atom. The van der Waals surface area contributed by atoms with E-state index < -0.39 is 0 Å². The Morgan fingerprint density at radius 3 is 2.80 bits per heavy atom. The molecule has 0 saturated carbocycles. The highest BCUT2D eigenvalue weighted by atomic mass is 35.5. The lowest BCUT2D eigenvalue weighted by molar-refractivity contribution is 0.511. The first-order valence-corrected chi connectivity index (χ1v) is 8.26. The van der Waals surface area contributed by atoms with Crippen molar-refractivity contribution >= 4 is 11.6 Å². The van der Waals surface area contributed by atoms with Crippen molar-refractivity contribution in [3.05, 3.63) is 46.0 Å². The minimum atomic E-state index is 0.400. The summed E-state index contributed by atoms with van der Waals surface area (Å²) in [7, 11) is 0. The van der Waals surface area contributed by atoms with Crippen LogP contribution < -0.4 is 5.32 Å². The van der Waals surface area contributed by atoms with Crippen molar-refractivity contribution in [3.8, 4) is 0 Å². The zero-order chi connectivity index (χ0) is 14.4. The van der Waals surface area contributed by atoms with Gasteiger partial charge in [0, 0.05) is 11.1 Å². The van der Waals surface area contributed by atoms with Crippen LogP contribution in [0.5, 0.6) is 0 Å². The number of aryl methyl sites for hydroxylation is 1. The fraction of sp³-hybridized carbons (Fsp3) is 0.556. The first-order chi connectivity index (χ1) is 9.70. The minimum Gasteiger partial charge on any atom is -0.310 e. The molecule has 0 amide bonds. The number of allylic oxidation sites excluding steroid dienone is 1. The third kappa shape index (κ3) is 4.36. The zero-order valence-electron chi connectivity index (χ0n) is 12.7. The van der Waals surface area contributed by atoms with Gasteiger partial charge in [0.15, 0.2) is 0 Å². The first kappa shape index (κ1) is 15.6. The highest BCUT2D eigenvalue weighted by Crippen LogP contribution is 2.29. The number of halogens is 1. The average molecular weight is 292 g/mol. The number of rotatable bonds is 6. The molecule has 0 spiro atoms. The molecule has 1 unspecified atom stereocenters. The molecule has 0 radical (unpaired) electrons. The van der Waals surface area contributed by atoms with Crippen molar-refractivity contribution < 1.29 is 0 Å². The van der Waals surface area contributed by atoms with Crippen LogP contribution >= 0.6 is 11.6 Å². The molecule has 1 N–H and O–H groups in total. The van der Waals surface area contributed by atoms with Gasteiger partial charge in [0.25, 0.3) is 0 Å².